The Kier molecular flexibility index (Phi) is 5.96. The standard InChI is InChI=1S/C20H24ClF3N2O2Si/c1-29(2,3)11-10-28-13-26-17-7-6-15(21)12-16(17)25-19(18(26)27,20(22,23)24)9-8-14-4-5-14/h6-7,12,14,25H,4-5,10-11,13H2,1-3H3. The van der Waals surface area contributed by atoms with Gasteiger partial charge in [0.25, 0.3) is 11.4 Å². The molecule has 1 aromatic rings. The summed E-state index contributed by atoms with van der Waals surface area (Å²) in [4.78, 5) is 14.1. The quantitative estimate of drug-likeness (QED) is 0.389. The molecule has 1 unspecified atom stereocenters. The van der Waals surface area contributed by atoms with Gasteiger partial charge in [0.05, 0.1) is 11.4 Å². The molecule has 0 bridgehead atoms. The Hall–Kier alpha value is -1.69. The molecule has 2 aliphatic rings. The van der Waals surface area contributed by atoms with Crippen molar-refractivity contribution in [1.82, 2.24) is 0 Å². The minimum Gasteiger partial charge on any atom is -0.361 e. The highest BCUT2D eigenvalue weighted by atomic mass is 35.5. The molecular formula is C20H24ClF3N2O2Si. The monoisotopic (exact) mass is 444 g/mol. The Labute approximate surface area is 174 Å². The smallest absolute Gasteiger partial charge is 0.361 e. The van der Waals surface area contributed by atoms with E-state index in [1.165, 1.54) is 18.2 Å². The molecule has 3 rings (SSSR count). The first-order valence-corrected chi connectivity index (χ1v) is 13.6. The molecule has 1 amide bonds. The molecular weight excluding hydrogens is 421 g/mol. The first-order valence-electron chi connectivity index (χ1n) is 9.50. The number of halogens is 4. The number of carbonyl (C=O) groups is 1. The molecule has 1 heterocycles. The molecule has 1 aliphatic carbocycles. The van der Waals surface area contributed by atoms with Gasteiger partial charge in [-0.2, -0.15) is 13.2 Å². The lowest BCUT2D eigenvalue weighted by Crippen LogP contribution is -2.65. The summed E-state index contributed by atoms with van der Waals surface area (Å²) in [5, 5.41) is 2.61. The van der Waals surface area contributed by atoms with Crippen molar-refractivity contribution in [1.29, 1.82) is 0 Å². The van der Waals surface area contributed by atoms with Crippen molar-refractivity contribution in [3.8, 4) is 11.8 Å². The van der Waals surface area contributed by atoms with Crippen molar-refractivity contribution >= 4 is 37.0 Å². The summed E-state index contributed by atoms with van der Waals surface area (Å²) in [6.07, 6.45) is -3.41. The van der Waals surface area contributed by atoms with Crippen molar-refractivity contribution in [2.45, 2.75) is 50.2 Å². The van der Waals surface area contributed by atoms with Crippen LogP contribution in [0.2, 0.25) is 30.7 Å². The topological polar surface area (TPSA) is 41.6 Å². The van der Waals surface area contributed by atoms with Gasteiger partial charge in [0, 0.05) is 25.6 Å². The van der Waals surface area contributed by atoms with Crippen molar-refractivity contribution in [3.63, 3.8) is 0 Å². The van der Waals surface area contributed by atoms with Crippen LogP contribution in [0.1, 0.15) is 12.8 Å². The molecule has 9 heteroatoms. The van der Waals surface area contributed by atoms with Crippen LogP contribution in [0.5, 0.6) is 0 Å². The Morgan fingerprint density at radius 3 is 2.62 bits per heavy atom. The largest absolute Gasteiger partial charge is 0.432 e. The van der Waals surface area contributed by atoms with Crippen LogP contribution >= 0.6 is 11.6 Å². The summed E-state index contributed by atoms with van der Waals surface area (Å²) in [6.45, 7) is 6.62. The number of carbonyl (C=O) groups excluding carboxylic acids is 1. The van der Waals surface area contributed by atoms with Crippen LogP contribution < -0.4 is 10.2 Å². The van der Waals surface area contributed by atoms with Crippen LogP contribution in [0.15, 0.2) is 18.2 Å². The third-order valence-corrected chi connectivity index (χ3v) is 6.76. The van der Waals surface area contributed by atoms with Crippen LogP contribution in [0.3, 0.4) is 0 Å². The summed E-state index contributed by atoms with van der Waals surface area (Å²) in [5.41, 5.74) is -2.62. The Morgan fingerprint density at radius 2 is 2.03 bits per heavy atom. The fourth-order valence-electron chi connectivity index (χ4n) is 2.86. The SMILES string of the molecule is C[Si](C)(C)CCOCN1C(=O)C(C#CC2CC2)(C(F)(F)F)Nc2cc(Cl)ccc21. The lowest BCUT2D eigenvalue weighted by molar-refractivity contribution is -0.173. The number of fused-ring (bicyclic) bond motifs is 1. The molecule has 0 spiro atoms. The van der Waals surface area contributed by atoms with Crippen molar-refractivity contribution in [2.75, 3.05) is 23.6 Å². The lowest BCUT2D eigenvalue weighted by Gasteiger charge is -2.41. The first-order chi connectivity index (χ1) is 13.4. The maximum Gasteiger partial charge on any atom is 0.432 e. The van der Waals surface area contributed by atoms with Gasteiger partial charge in [-0.25, -0.2) is 0 Å². The minimum absolute atomic E-state index is 0.0916. The molecule has 1 atom stereocenters. The number of rotatable bonds is 5. The second-order valence-corrected chi connectivity index (χ2v) is 14.7. The number of benzene rings is 1. The highest BCUT2D eigenvalue weighted by Crippen LogP contribution is 2.44. The number of hydrogen-bond acceptors (Lipinski definition) is 3. The predicted octanol–water partition coefficient (Wildman–Crippen LogP) is 5.13. The maximum atomic E-state index is 14.1. The van der Waals surface area contributed by atoms with E-state index in [1.54, 1.807) is 0 Å². The van der Waals surface area contributed by atoms with Crippen molar-refractivity contribution in [2.24, 2.45) is 5.92 Å². The maximum absolute atomic E-state index is 14.1. The van der Waals surface area contributed by atoms with E-state index in [0.29, 0.717) is 12.3 Å². The van der Waals surface area contributed by atoms with E-state index < -0.39 is 25.7 Å². The van der Waals surface area contributed by atoms with Crippen molar-refractivity contribution in [3.05, 3.63) is 23.2 Å². The summed E-state index contributed by atoms with van der Waals surface area (Å²) in [6, 6.07) is 5.25. The van der Waals surface area contributed by atoms with Crippen LogP contribution in [-0.4, -0.2) is 39.0 Å². The first kappa shape index (κ1) is 22.0. The van der Waals surface area contributed by atoms with Gasteiger partial charge in [-0.05, 0) is 37.1 Å². The average molecular weight is 445 g/mol. The van der Waals surface area contributed by atoms with Gasteiger partial charge < -0.3 is 10.1 Å². The van der Waals surface area contributed by atoms with Gasteiger partial charge >= 0.3 is 6.18 Å². The number of anilines is 2. The lowest BCUT2D eigenvalue weighted by atomic mass is 9.93. The number of nitrogens with one attached hydrogen (secondary N) is 1. The van der Waals surface area contributed by atoms with Crippen LogP contribution in [0.4, 0.5) is 24.5 Å². The van der Waals surface area contributed by atoms with E-state index in [9.17, 15) is 18.0 Å². The van der Waals surface area contributed by atoms with Crippen molar-refractivity contribution < 1.29 is 22.7 Å². The van der Waals surface area contributed by atoms with E-state index in [-0.39, 0.29) is 23.4 Å². The highest BCUT2D eigenvalue weighted by molar-refractivity contribution is 6.76. The molecule has 0 radical (unpaired) electrons. The molecule has 1 N–H and O–H groups in total. The zero-order valence-corrected chi connectivity index (χ0v) is 18.4. The molecule has 1 aromatic carbocycles. The molecule has 0 saturated heterocycles. The van der Waals surface area contributed by atoms with E-state index in [4.69, 9.17) is 16.3 Å². The third kappa shape index (κ3) is 4.90. The molecule has 0 aromatic heterocycles. The molecule has 158 valence electrons. The van der Waals surface area contributed by atoms with E-state index in [0.717, 1.165) is 23.8 Å². The zero-order chi connectivity index (χ0) is 21.4. The van der Waals surface area contributed by atoms with Gasteiger partial charge in [-0.1, -0.05) is 43.1 Å². The fourth-order valence-corrected chi connectivity index (χ4v) is 3.79. The Balaban J connectivity index is 1.96. The van der Waals surface area contributed by atoms with E-state index in [1.807, 2.05) is 0 Å². The number of alkyl halides is 3. The van der Waals surface area contributed by atoms with Gasteiger partial charge in [-0.3, -0.25) is 9.69 Å². The summed E-state index contributed by atoms with van der Waals surface area (Å²) in [7, 11) is -1.38. The van der Waals surface area contributed by atoms with Gasteiger partial charge in [0.15, 0.2) is 0 Å². The molecule has 1 saturated carbocycles. The fraction of sp³-hybridized carbons (Fsp3) is 0.550. The summed E-state index contributed by atoms with van der Waals surface area (Å²) >= 11 is 6.00. The number of nitrogens with zero attached hydrogens (tertiary/aromatic N) is 1. The average Bonchev–Trinajstić information content (AvgIpc) is 3.41. The minimum atomic E-state index is -4.91. The number of amides is 1. The molecule has 4 nitrogen and oxygen atoms in total. The van der Waals surface area contributed by atoms with Gasteiger partial charge in [-0.15, -0.1) is 0 Å². The Bertz CT molecular complexity index is 856. The van der Waals surface area contributed by atoms with Gasteiger partial charge in [0.1, 0.15) is 6.73 Å². The summed E-state index contributed by atoms with van der Waals surface area (Å²) < 4.78 is 48.1. The van der Waals surface area contributed by atoms with E-state index >= 15 is 0 Å². The number of ether oxygens (including phenoxy) is 1. The zero-order valence-electron chi connectivity index (χ0n) is 16.6. The van der Waals surface area contributed by atoms with Crippen LogP contribution in [0.25, 0.3) is 0 Å². The molecule has 1 aliphatic heterocycles. The second kappa shape index (κ2) is 7.86. The molecule has 29 heavy (non-hydrogen) atoms. The molecule has 1 fully saturated rings. The van der Waals surface area contributed by atoms with Gasteiger partial charge in [0.2, 0.25) is 0 Å². The van der Waals surface area contributed by atoms with Crippen LogP contribution in [0, 0.1) is 17.8 Å². The van der Waals surface area contributed by atoms with E-state index in [2.05, 4.69) is 36.8 Å². The van der Waals surface area contributed by atoms with Crippen LogP contribution in [-0.2, 0) is 9.53 Å². The third-order valence-electron chi connectivity index (χ3n) is 4.82. The normalized spacial score (nSPS) is 21.9. The number of hydrogen-bond donors (Lipinski definition) is 1. The Morgan fingerprint density at radius 1 is 1.34 bits per heavy atom. The highest BCUT2D eigenvalue weighted by Gasteiger charge is 2.64. The second-order valence-electron chi connectivity index (χ2n) is 8.66. The summed E-state index contributed by atoms with van der Waals surface area (Å²) in [5.74, 6) is 3.56. The predicted molar refractivity (Wildman–Crippen MR) is 111 cm³/mol.